The van der Waals surface area contributed by atoms with Crippen LogP contribution < -0.4 is 0 Å². The van der Waals surface area contributed by atoms with Crippen LogP contribution in [0.5, 0.6) is 0 Å². The van der Waals surface area contributed by atoms with Gasteiger partial charge in [-0.25, -0.2) is 0 Å². The van der Waals surface area contributed by atoms with Crippen LogP contribution in [0.1, 0.15) is 5.56 Å². The van der Waals surface area contributed by atoms with Gasteiger partial charge >= 0.3 is 0 Å². The average Bonchev–Trinajstić information content (AvgIpc) is 2.73. The average molecular weight is 207 g/mol. The molecule has 0 unspecified atom stereocenters. The van der Waals surface area contributed by atoms with Crippen molar-refractivity contribution in [3.05, 3.63) is 66.4 Å². The molecule has 0 saturated heterocycles. The second-order valence-corrected chi connectivity index (χ2v) is 4.08. The molecular formula is C15H13N. The van der Waals surface area contributed by atoms with E-state index < -0.39 is 0 Å². The first-order valence-electron chi connectivity index (χ1n) is 5.48. The molecule has 0 aliphatic heterocycles. The molecule has 2 aromatic carbocycles. The lowest BCUT2D eigenvalue weighted by Crippen LogP contribution is -1.90. The van der Waals surface area contributed by atoms with Gasteiger partial charge in [0.15, 0.2) is 0 Å². The van der Waals surface area contributed by atoms with E-state index in [0.29, 0.717) is 0 Å². The lowest BCUT2D eigenvalue weighted by atomic mass is 10.2. The number of para-hydroxylation sites is 1. The van der Waals surface area contributed by atoms with Crippen molar-refractivity contribution in [2.45, 2.75) is 6.92 Å². The minimum atomic E-state index is 1.21. The lowest BCUT2D eigenvalue weighted by molar-refractivity contribution is 1.13. The molecule has 0 radical (unpaired) electrons. The number of hydrogen-bond donors (Lipinski definition) is 0. The summed E-state index contributed by atoms with van der Waals surface area (Å²) >= 11 is 0. The summed E-state index contributed by atoms with van der Waals surface area (Å²) in [5.41, 5.74) is 3.77. The number of benzene rings is 2. The molecule has 1 heteroatoms. The number of rotatable bonds is 1. The lowest BCUT2D eigenvalue weighted by Gasteiger charge is -2.04. The van der Waals surface area contributed by atoms with E-state index in [1.165, 1.54) is 22.2 Å². The topological polar surface area (TPSA) is 4.93 Å². The quantitative estimate of drug-likeness (QED) is 0.569. The van der Waals surface area contributed by atoms with E-state index in [0.717, 1.165) is 0 Å². The molecule has 0 bridgehead atoms. The highest BCUT2D eigenvalue weighted by Crippen LogP contribution is 2.21. The highest BCUT2D eigenvalue weighted by atomic mass is 15.0. The third-order valence-electron chi connectivity index (χ3n) is 2.88. The van der Waals surface area contributed by atoms with E-state index in [4.69, 9.17) is 0 Å². The summed E-state index contributed by atoms with van der Waals surface area (Å²) in [5.74, 6) is 0. The largest absolute Gasteiger partial charge is 0.317 e. The van der Waals surface area contributed by atoms with Crippen molar-refractivity contribution in [2.24, 2.45) is 0 Å². The van der Waals surface area contributed by atoms with E-state index in [-0.39, 0.29) is 0 Å². The SMILES string of the molecule is Cc1ccc2c(ccn2-c2ccccc2)c1. The first kappa shape index (κ1) is 9.22. The van der Waals surface area contributed by atoms with Gasteiger partial charge in [-0.3, -0.25) is 0 Å². The van der Waals surface area contributed by atoms with E-state index in [1.54, 1.807) is 0 Å². The number of aromatic nitrogens is 1. The van der Waals surface area contributed by atoms with Crippen molar-refractivity contribution in [3.8, 4) is 5.69 Å². The van der Waals surface area contributed by atoms with Gasteiger partial charge in [-0.05, 0) is 37.3 Å². The normalized spacial score (nSPS) is 10.8. The van der Waals surface area contributed by atoms with E-state index in [1.807, 2.05) is 6.07 Å². The first-order valence-corrected chi connectivity index (χ1v) is 5.48. The highest BCUT2D eigenvalue weighted by Gasteiger charge is 2.01. The Morgan fingerprint density at radius 1 is 0.875 bits per heavy atom. The molecule has 3 aromatic rings. The van der Waals surface area contributed by atoms with Crippen molar-refractivity contribution >= 4 is 10.9 Å². The fraction of sp³-hybridized carbons (Fsp3) is 0.0667. The predicted octanol–water partition coefficient (Wildman–Crippen LogP) is 3.94. The molecule has 0 aliphatic rings. The maximum atomic E-state index is 2.22. The van der Waals surface area contributed by atoms with Crippen LogP contribution in [0.2, 0.25) is 0 Å². The molecule has 78 valence electrons. The molecular weight excluding hydrogens is 194 g/mol. The summed E-state index contributed by atoms with van der Waals surface area (Å²) in [6.07, 6.45) is 2.12. The van der Waals surface area contributed by atoms with Crippen molar-refractivity contribution in [1.82, 2.24) is 4.57 Å². The summed E-state index contributed by atoms with van der Waals surface area (Å²) in [6.45, 7) is 2.12. The second-order valence-electron chi connectivity index (χ2n) is 4.08. The Labute approximate surface area is 95.0 Å². The summed E-state index contributed by atoms with van der Waals surface area (Å²) in [7, 11) is 0. The van der Waals surface area contributed by atoms with Gasteiger partial charge in [0.2, 0.25) is 0 Å². The van der Waals surface area contributed by atoms with Crippen molar-refractivity contribution in [3.63, 3.8) is 0 Å². The Balaban J connectivity index is 2.26. The Bertz CT molecular complexity index is 620. The molecule has 0 N–H and O–H groups in total. The molecule has 16 heavy (non-hydrogen) atoms. The van der Waals surface area contributed by atoms with Crippen molar-refractivity contribution in [2.75, 3.05) is 0 Å². The molecule has 3 rings (SSSR count). The van der Waals surface area contributed by atoms with Crippen LogP contribution in [-0.4, -0.2) is 4.57 Å². The Kier molecular flexibility index (Phi) is 2.03. The smallest absolute Gasteiger partial charge is 0.0528 e. The Morgan fingerprint density at radius 2 is 1.69 bits per heavy atom. The van der Waals surface area contributed by atoms with Gasteiger partial charge in [-0.15, -0.1) is 0 Å². The zero-order valence-corrected chi connectivity index (χ0v) is 9.22. The van der Waals surface area contributed by atoms with Crippen LogP contribution in [0.25, 0.3) is 16.6 Å². The van der Waals surface area contributed by atoms with Crippen LogP contribution in [0.15, 0.2) is 60.8 Å². The number of aryl methyl sites for hydroxylation is 1. The van der Waals surface area contributed by atoms with E-state index >= 15 is 0 Å². The van der Waals surface area contributed by atoms with Gasteiger partial charge < -0.3 is 4.57 Å². The minimum absolute atomic E-state index is 1.21. The van der Waals surface area contributed by atoms with Gasteiger partial charge in [0, 0.05) is 17.3 Å². The second kappa shape index (κ2) is 3.53. The third-order valence-corrected chi connectivity index (χ3v) is 2.88. The van der Waals surface area contributed by atoms with Crippen LogP contribution in [0, 0.1) is 6.92 Å². The molecule has 0 saturated carbocycles. The molecule has 0 atom stereocenters. The fourth-order valence-corrected chi connectivity index (χ4v) is 2.08. The minimum Gasteiger partial charge on any atom is -0.317 e. The van der Waals surface area contributed by atoms with Crippen LogP contribution in [0.3, 0.4) is 0 Å². The molecule has 1 nitrogen and oxygen atoms in total. The van der Waals surface area contributed by atoms with Crippen LogP contribution in [-0.2, 0) is 0 Å². The van der Waals surface area contributed by atoms with Crippen molar-refractivity contribution in [1.29, 1.82) is 0 Å². The van der Waals surface area contributed by atoms with Crippen molar-refractivity contribution < 1.29 is 0 Å². The third kappa shape index (κ3) is 1.41. The zero-order chi connectivity index (χ0) is 11.0. The van der Waals surface area contributed by atoms with E-state index in [2.05, 4.69) is 66.2 Å². The monoisotopic (exact) mass is 207 g/mol. The molecule has 1 aromatic heterocycles. The van der Waals surface area contributed by atoms with Gasteiger partial charge in [-0.2, -0.15) is 0 Å². The molecule has 0 aliphatic carbocycles. The highest BCUT2D eigenvalue weighted by molar-refractivity contribution is 5.82. The molecule has 1 heterocycles. The number of nitrogens with zero attached hydrogens (tertiary/aromatic N) is 1. The zero-order valence-electron chi connectivity index (χ0n) is 9.22. The summed E-state index contributed by atoms with van der Waals surface area (Å²) < 4.78 is 2.22. The Hall–Kier alpha value is -2.02. The predicted molar refractivity (Wildman–Crippen MR) is 68.0 cm³/mol. The maximum Gasteiger partial charge on any atom is 0.0528 e. The van der Waals surface area contributed by atoms with Gasteiger partial charge in [-0.1, -0.05) is 29.8 Å². The van der Waals surface area contributed by atoms with Gasteiger partial charge in [0.05, 0.1) is 5.52 Å². The fourth-order valence-electron chi connectivity index (χ4n) is 2.08. The van der Waals surface area contributed by atoms with Gasteiger partial charge in [0.1, 0.15) is 0 Å². The summed E-state index contributed by atoms with van der Waals surface area (Å²) in [5, 5.41) is 1.30. The number of hydrogen-bond acceptors (Lipinski definition) is 0. The Morgan fingerprint density at radius 3 is 2.50 bits per heavy atom. The molecule has 0 spiro atoms. The summed E-state index contributed by atoms with van der Waals surface area (Å²) in [4.78, 5) is 0. The van der Waals surface area contributed by atoms with Gasteiger partial charge in [0.25, 0.3) is 0 Å². The van der Waals surface area contributed by atoms with Crippen LogP contribution >= 0.6 is 0 Å². The number of fused-ring (bicyclic) bond motifs is 1. The molecule has 0 amide bonds. The maximum absolute atomic E-state index is 2.22. The molecule has 0 fully saturated rings. The standard InChI is InChI=1S/C15H13N/c1-12-7-8-15-13(11-12)9-10-16(15)14-5-3-2-4-6-14/h2-11H,1H3. The van der Waals surface area contributed by atoms with Crippen LogP contribution in [0.4, 0.5) is 0 Å². The summed E-state index contributed by atoms with van der Waals surface area (Å²) in [6, 6.07) is 19.1. The van der Waals surface area contributed by atoms with E-state index in [9.17, 15) is 0 Å². The first-order chi connectivity index (χ1) is 7.84.